The zero-order chi connectivity index (χ0) is 13.0. The van der Waals surface area contributed by atoms with Crippen LogP contribution < -0.4 is 10.1 Å². The Labute approximate surface area is 111 Å². The van der Waals surface area contributed by atoms with E-state index >= 15 is 0 Å². The third-order valence-corrected chi connectivity index (χ3v) is 2.71. The number of hydrogen-bond acceptors (Lipinski definition) is 3. The van der Waals surface area contributed by atoms with E-state index in [1.54, 1.807) is 25.3 Å². The predicted molar refractivity (Wildman–Crippen MR) is 72.4 cm³/mol. The van der Waals surface area contributed by atoms with Gasteiger partial charge in [-0.05, 0) is 30.3 Å². The minimum atomic E-state index is 0.494. The molecule has 0 radical (unpaired) electrons. The number of hydrogen-bond donors (Lipinski definition) is 1. The van der Waals surface area contributed by atoms with E-state index in [2.05, 4.69) is 11.4 Å². The Kier molecular flexibility index (Phi) is 3.71. The quantitative estimate of drug-likeness (QED) is 0.906. The van der Waals surface area contributed by atoms with Crippen LogP contribution in [-0.2, 0) is 0 Å². The molecule has 0 heterocycles. The maximum absolute atomic E-state index is 9.07. The molecule has 2 rings (SSSR count). The van der Waals surface area contributed by atoms with E-state index in [4.69, 9.17) is 21.6 Å². The van der Waals surface area contributed by atoms with Crippen LogP contribution in [0.2, 0.25) is 5.02 Å². The van der Waals surface area contributed by atoms with Crippen molar-refractivity contribution < 1.29 is 4.74 Å². The monoisotopic (exact) mass is 258 g/mol. The van der Waals surface area contributed by atoms with E-state index in [-0.39, 0.29) is 0 Å². The highest BCUT2D eigenvalue weighted by Gasteiger charge is 2.06. The summed E-state index contributed by atoms with van der Waals surface area (Å²) in [5.74, 6) is 0.719. The number of ether oxygens (including phenoxy) is 1. The van der Waals surface area contributed by atoms with Gasteiger partial charge in [-0.25, -0.2) is 0 Å². The Morgan fingerprint density at radius 2 is 1.94 bits per heavy atom. The number of nitrogens with one attached hydrogen (secondary N) is 1. The van der Waals surface area contributed by atoms with E-state index in [0.29, 0.717) is 16.3 Å². The highest BCUT2D eigenvalue weighted by Crippen LogP contribution is 2.29. The second-order valence-corrected chi connectivity index (χ2v) is 4.06. The molecule has 0 bridgehead atoms. The molecular weight excluding hydrogens is 248 g/mol. The Hall–Kier alpha value is -2.18. The predicted octanol–water partition coefficient (Wildman–Crippen LogP) is 3.96. The molecule has 2 aromatic carbocycles. The molecule has 0 spiro atoms. The third-order valence-electron chi connectivity index (χ3n) is 2.48. The summed E-state index contributed by atoms with van der Waals surface area (Å²) in [6.07, 6.45) is 0. The van der Waals surface area contributed by atoms with Crippen molar-refractivity contribution in [3.63, 3.8) is 0 Å². The molecule has 0 fully saturated rings. The molecule has 0 aliphatic carbocycles. The molecular formula is C14H11ClN2O. The van der Waals surface area contributed by atoms with Crippen molar-refractivity contribution in [1.82, 2.24) is 0 Å². The molecule has 0 aliphatic heterocycles. The first-order valence-electron chi connectivity index (χ1n) is 5.34. The largest absolute Gasteiger partial charge is 0.495 e. The number of nitrogens with zero attached hydrogens (tertiary/aromatic N) is 1. The molecule has 3 nitrogen and oxygen atoms in total. The topological polar surface area (TPSA) is 45.0 Å². The third kappa shape index (κ3) is 2.55. The van der Waals surface area contributed by atoms with Crippen LogP contribution in [-0.4, -0.2) is 7.11 Å². The number of rotatable bonds is 3. The molecule has 90 valence electrons. The summed E-state index contributed by atoms with van der Waals surface area (Å²) in [4.78, 5) is 0. The van der Waals surface area contributed by atoms with Gasteiger partial charge in [0, 0.05) is 5.02 Å². The lowest BCUT2D eigenvalue weighted by atomic mass is 10.2. The molecule has 0 atom stereocenters. The van der Waals surface area contributed by atoms with E-state index in [1.165, 1.54) is 0 Å². The van der Waals surface area contributed by atoms with Gasteiger partial charge >= 0.3 is 0 Å². The van der Waals surface area contributed by atoms with E-state index in [1.807, 2.05) is 24.3 Å². The van der Waals surface area contributed by atoms with Gasteiger partial charge in [0.15, 0.2) is 0 Å². The van der Waals surface area contributed by atoms with Gasteiger partial charge in [0.1, 0.15) is 11.8 Å². The van der Waals surface area contributed by atoms with E-state index < -0.39 is 0 Å². The first-order valence-corrected chi connectivity index (χ1v) is 5.72. The van der Waals surface area contributed by atoms with Crippen LogP contribution in [0.5, 0.6) is 5.75 Å². The van der Waals surface area contributed by atoms with Crippen LogP contribution in [0.4, 0.5) is 11.4 Å². The van der Waals surface area contributed by atoms with Crippen molar-refractivity contribution in [2.45, 2.75) is 0 Å². The molecule has 0 aliphatic rings. The van der Waals surface area contributed by atoms with Gasteiger partial charge in [-0.1, -0.05) is 23.7 Å². The molecule has 4 heteroatoms. The molecule has 0 saturated heterocycles. The number of para-hydroxylation sites is 2. The lowest BCUT2D eigenvalue weighted by Gasteiger charge is -2.12. The van der Waals surface area contributed by atoms with Gasteiger partial charge in [-0.3, -0.25) is 0 Å². The molecule has 18 heavy (non-hydrogen) atoms. The van der Waals surface area contributed by atoms with Crippen molar-refractivity contribution >= 4 is 23.0 Å². The normalized spacial score (nSPS) is 9.61. The zero-order valence-corrected chi connectivity index (χ0v) is 10.5. The van der Waals surface area contributed by atoms with Crippen LogP contribution in [0.1, 0.15) is 5.56 Å². The van der Waals surface area contributed by atoms with E-state index in [0.717, 1.165) is 11.4 Å². The highest BCUT2D eigenvalue weighted by molar-refractivity contribution is 6.30. The minimum absolute atomic E-state index is 0.494. The lowest BCUT2D eigenvalue weighted by Crippen LogP contribution is -1.96. The van der Waals surface area contributed by atoms with E-state index in [9.17, 15) is 0 Å². The van der Waals surface area contributed by atoms with Crippen molar-refractivity contribution in [3.05, 3.63) is 53.1 Å². The maximum Gasteiger partial charge on any atom is 0.142 e. The smallest absolute Gasteiger partial charge is 0.142 e. The van der Waals surface area contributed by atoms with Gasteiger partial charge in [-0.2, -0.15) is 5.26 Å². The van der Waals surface area contributed by atoms with Crippen molar-refractivity contribution in [1.29, 1.82) is 5.26 Å². The summed E-state index contributed by atoms with van der Waals surface area (Å²) in [7, 11) is 1.60. The van der Waals surface area contributed by atoms with Gasteiger partial charge in [0.2, 0.25) is 0 Å². The summed E-state index contributed by atoms with van der Waals surface area (Å²) in [6, 6.07) is 14.8. The number of halogens is 1. The first-order chi connectivity index (χ1) is 8.74. The summed E-state index contributed by atoms with van der Waals surface area (Å²) in [6.45, 7) is 0. The van der Waals surface area contributed by atoms with Crippen LogP contribution in [0.3, 0.4) is 0 Å². The standard InChI is InChI=1S/C14H11ClN2O/c1-18-14-5-3-2-4-13(14)17-12-7-6-11(15)8-10(12)9-16/h2-8,17H,1H3. The second kappa shape index (κ2) is 5.44. The van der Waals surface area contributed by atoms with Crippen LogP contribution in [0.25, 0.3) is 0 Å². The van der Waals surface area contributed by atoms with Gasteiger partial charge in [0.25, 0.3) is 0 Å². The number of nitriles is 1. The maximum atomic E-state index is 9.07. The molecule has 0 saturated carbocycles. The minimum Gasteiger partial charge on any atom is -0.495 e. The van der Waals surface area contributed by atoms with Crippen LogP contribution in [0.15, 0.2) is 42.5 Å². The average molecular weight is 259 g/mol. The summed E-state index contributed by atoms with van der Waals surface area (Å²) >= 11 is 5.85. The Morgan fingerprint density at radius 3 is 2.67 bits per heavy atom. The molecule has 0 amide bonds. The SMILES string of the molecule is COc1ccccc1Nc1ccc(Cl)cc1C#N. The summed E-state index contributed by atoms with van der Waals surface area (Å²) < 4.78 is 5.24. The molecule has 0 unspecified atom stereocenters. The second-order valence-electron chi connectivity index (χ2n) is 3.63. The average Bonchev–Trinajstić information content (AvgIpc) is 2.41. The van der Waals surface area contributed by atoms with Gasteiger partial charge < -0.3 is 10.1 Å². The zero-order valence-electron chi connectivity index (χ0n) is 9.77. The fraction of sp³-hybridized carbons (Fsp3) is 0.0714. The Balaban J connectivity index is 2.37. The molecule has 2 aromatic rings. The van der Waals surface area contributed by atoms with Gasteiger partial charge in [0.05, 0.1) is 24.0 Å². The molecule has 0 aromatic heterocycles. The fourth-order valence-electron chi connectivity index (χ4n) is 1.61. The van der Waals surface area contributed by atoms with Crippen molar-refractivity contribution in [2.24, 2.45) is 0 Å². The summed E-state index contributed by atoms with van der Waals surface area (Å²) in [5.41, 5.74) is 2.00. The number of anilines is 2. The highest BCUT2D eigenvalue weighted by atomic mass is 35.5. The fourth-order valence-corrected chi connectivity index (χ4v) is 1.78. The van der Waals surface area contributed by atoms with Gasteiger partial charge in [-0.15, -0.1) is 0 Å². The first kappa shape index (κ1) is 12.3. The number of methoxy groups -OCH3 is 1. The Bertz CT molecular complexity index is 605. The van der Waals surface area contributed by atoms with Crippen LogP contribution in [0, 0.1) is 11.3 Å². The summed E-state index contributed by atoms with van der Waals surface area (Å²) in [5, 5.41) is 12.8. The van der Waals surface area contributed by atoms with Crippen molar-refractivity contribution in [2.75, 3.05) is 12.4 Å². The molecule has 1 N–H and O–H groups in total. The van der Waals surface area contributed by atoms with Crippen LogP contribution >= 0.6 is 11.6 Å². The van der Waals surface area contributed by atoms with Crippen molar-refractivity contribution in [3.8, 4) is 11.8 Å². The number of benzene rings is 2. The lowest BCUT2D eigenvalue weighted by molar-refractivity contribution is 0.417. The Morgan fingerprint density at radius 1 is 1.17 bits per heavy atom.